The minimum Gasteiger partial charge on any atom is -0.491 e. The highest BCUT2D eigenvalue weighted by Crippen LogP contribution is 2.33. The number of hydrogen-bond acceptors (Lipinski definition) is 4. The van der Waals surface area contributed by atoms with Crippen molar-refractivity contribution in [3.05, 3.63) is 24.3 Å². The number of para-hydroxylation sites is 2. The van der Waals surface area contributed by atoms with Crippen LogP contribution in [0.15, 0.2) is 24.3 Å². The Morgan fingerprint density at radius 3 is 2.64 bits per heavy atom. The lowest BCUT2D eigenvalue weighted by Crippen LogP contribution is -2.39. The number of fused-ring (bicyclic) bond motifs is 2. The number of hydrogen-bond donors (Lipinski definition) is 2. The van der Waals surface area contributed by atoms with Crippen molar-refractivity contribution in [3.8, 4) is 5.75 Å². The second-order valence-corrected chi connectivity index (χ2v) is 6.92. The number of carbonyl (C=O) groups excluding carboxylic acids is 1. The van der Waals surface area contributed by atoms with Gasteiger partial charge in [-0.05, 0) is 43.7 Å². The zero-order valence-corrected chi connectivity index (χ0v) is 15.6. The maximum Gasteiger partial charge on any atom is 0.224 e. The van der Waals surface area contributed by atoms with Gasteiger partial charge in [0.2, 0.25) is 5.91 Å². The zero-order chi connectivity index (χ0) is 16.8. The molecule has 2 N–H and O–H groups in total. The van der Waals surface area contributed by atoms with Gasteiger partial charge in [0, 0.05) is 38.6 Å². The molecule has 25 heavy (non-hydrogen) atoms. The van der Waals surface area contributed by atoms with Gasteiger partial charge in [0.05, 0.1) is 12.3 Å². The molecule has 5 nitrogen and oxygen atoms in total. The first-order valence-corrected chi connectivity index (χ1v) is 9.01. The summed E-state index contributed by atoms with van der Waals surface area (Å²) in [6.45, 7) is 1.25. The Bertz CT molecular complexity index is 543. The summed E-state index contributed by atoms with van der Waals surface area (Å²) in [5.41, 5.74) is 0.761. The third kappa shape index (κ3) is 5.87. The zero-order valence-electron chi connectivity index (χ0n) is 14.8. The third-order valence-corrected chi connectivity index (χ3v) is 4.96. The van der Waals surface area contributed by atoms with Gasteiger partial charge in [0.25, 0.3) is 0 Å². The summed E-state index contributed by atoms with van der Waals surface area (Å²) in [6, 6.07) is 8.88. The molecule has 2 aliphatic rings. The smallest absolute Gasteiger partial charge is 0.224 e. The van der Waals surface area contributed by atoms with Crippen molar-refractivity contribution in [2.75, 3.05) is 25.6 Å². The minimum absolute atomic E-state index is 0. The molecule has 0 radical (unpaired) electrons. The van der Waals surface area contributed by atoms with Crippen molar-refractivity contribution in [1.29, 1.82) is 0 Å². The number of anilines is 1. The van der Waals surface area contributed by atoms with E-state index in [0.29, 0.717) is 37.6 Å². The summed E-state index contributed by atoms with van der Waals surface area (Å²) in [5, 5.41) is 6.66. The lowest BCUT2D eigenvalue weighted by molar-refractivity contribution is -0.117. The minimum atomic E-state index is 0. The molecule has 2 atom stereocenters. The Hall–Kier alpha value is -1.30. The van der Waals surface area contributed by atoms with Crippen molar-refractivity contribution < 1.29 is 14.3 Å². The standard InChI is InChI=1S/C19H28N2O3.ClH/c1-23-9-4-10-24-18-6-3-2-5-17(18)21-19(22)13-14-11-15-7-8-16(12-14)20-15;/h2-3,5-6,14-16,20H,4,7-13H2,1H3,(H,21,22);1H. The van der Waals surface area contributed by atoms with Crippen LogP contribution in [0, 0.1) is 5.92 Å². The van der Waals surface area contributed by atoms with Crippen molar-refractivity contribution in [3.63, 3.8) is 0 Å². The molecule has 2 aliphatic heterocycles. The highest BCUT2D eigenvalue weighted by atomic mass is 35.5. The monoisotopic (exact) mass is 368 g/mol. The molecule has 0 aromatic heterocycles. The van der Waals surface area contributed by atoms with E-state index in [1.54, 1.807) is 7.11 Å². The van der Waals surface area contributed by atoms with Crippen LogP contribution in [0.2, 0.25) is 0 Å². The fourth-order valence-corrected chi connectivity index (χ4v) is 3.89. The Labute approximate surface area is 156 Å². The van der Waals surface area contributed by atoms with Crippen LogP contribution in [-0.2, 0) is 9.53 Å². The van der Waals surface area contributed by atoms with E-state index in [2.05, 4.69) is 10.6 Å². The first-order valence-electron chi connectivity index (χ1n) is 9.01. The molecular weight excluding hydrogens is 340 g/mol. The van der Waals surface area contributed by atoms with Gasteiger partial charge < -0.3 is 20.1 Å². The molecule has 1 aromatic rings. The Morgan fingerprint density at radius 2 is 1.92 bits per heavy atom. The van der Waals surface area contributed by atoms with Gasteiger partial charge in [-0.15, -0.1) is 12.4 Å². The molecule has 0 saturated carbocycles. The quantitative estimate of drug-likeness (QED) is 0.690. The van der Waals surface area contributed by atoms with Crippen LogP contribution in [0.1, 0.15) is 38.5 Å². The van der Waals surface area contributed by atoms with Crippen LogP contribution in [-0.4, -0.2) is 38.3 Å². The van der Waals surface area contributed by atoms with Gasteiger partial charge in [0.15, 0.2) is 0 Å². The van der Waals surface area contributed by atoms with Crippen molar-refractivity contribution >= 4 is 24.0 Å². The Kier molecular flexibility index (Phi) is 8.00. The van der Waals surface area contributed by atoms with Crippen LogP contribution in [0.25, 0.3) is 0 Å². The molecule has 2 heterocycles. The maximum absolute atomic E-state index is 12.4. The van der Waals surface area contributed by atoms with Gasteiger partial charge >= 0.3 is 0 Å². The fourth-order valence-electron chi connectivity index (χ4n) is 3.89. The van der Waals surface area contributed by atoms with E-state index in [0.717, 1.165) is 30.7 Å². The summed E-state index contributed by atoms with van der Waals surface area (Å²) >= 11 is 0. The van der Waals surface area contributed by atoms with Crippen LogP contribution >= 0.6 is 12.4 Å². The number of halogens is 1. The van der Waals surface area contributed by atoms with Gasteiger partial charge in [0.1, 0.15) is 5.75 Å². The molecule has 0 spiro atoms. The molecule has 2 saturated heterocycles. The summed E-state index contributed by atoms with van der Waals surface area (Å²) in [6.07, 6.45) is 6.21. The van der Waals surface area contributed by atoms with E-state index < -0.39 is 0 Å². The lowest BCUT2D eigenvalue weighted by atomic mass is 9.89. The molecule has 140 valence electrons. The molecule has 2 bridgehead atoms. The second kappa shape index (κ2) is 10.00. The number of ether oxygens (including phenoxy) is 2. The average molecular weight is 369 g/mol. The molecule has 3 rings (SSSR count). The van der Waals surface area contributed by atoms with Crippen LogP contribution in [0.5, 0.6) is 5.75 Å². The van der Waals surface area contributed by atoms with Gasteiger partial charge in [-0.3, -0.25) is 4.79 Å². The van der Waals surface area contributed by atoms with Crippen molar-refractivity contribution in [1.82, 2.24) is 5.32 Å². The van der Waals surface area contributed by atoms with E-state index in [-0.39, 0.29) is 18.3 Å². The molecule has 2 unspecified atom stereocenters. The SMILES string of the molecule is COCCCOc1ccccc1NC(=O)CC1CC2CCC(C1)N2.Cl. The number of nitrogens with one attached hydrogen (secondary N) is 2. The number of amides is 1. The number of piperidine rings is 1. The number of benzene rings is 1. The van der Waals surface area contributed by atoms with Gasteiger partial charge in [-0.1, -0.05) is 12.1 Å². The molecule has 2 fully saturated rings. The maximum atomic E-state index is 12.4. The molecule has 1 amide bonds. The molecule has 1 aromatic carbocycles. The molecule has 6 heteroatoms. The number of rotatable bonds is 8. The highest BCUT2D eigenvalue weighted by molar-refractivity contribution is 5.92. The first-order chi connectivity index (χ1) is 11.7. The van der Waals surface area contributed by atoms with Crippen molar-refractivity contribution in [2.45, 2.75) is 50.6 Å². The topological polar surface area (TPSA) is 59.6 Å². The first kappa shape index (κ1) is 20.0. The normalized spacial score (nSPS) is 24.4. The molecular formula is C19H29ClN2O3. The van der Waals surface area contributed by atoms with Crippen LogP contribution < -0.4 is 15.4 Å². The van der Waals surface area contributed by atoms with E-state index in [4.69, 9.17) is 9.47 Å². The summed E-state index contributed by atoms with van der Waals surface area (Å²) < 4.78 is 10.8. The van der Waals surface area contributed by atoms with Crippen molar-refractivity contribution in [2.24, 2.45) is 5.92 Å². The number of carbonyl (C=O) groups is 1. The van der Waals surface area contributed by atoms with Gasteiger partial charge in [-0.2, -0.15) is 0 Å². The highest BCUT2D eigenvalue weighted by Gasteiger charge is 2.34. The van der Waals surface area contributed by atoms with Crippen LogP contribution in [0.3, 0.4) is 0 Å². The summed E-state index contributed by atoms with van der Waals surface area (Å²) in [7, 11) is 1.68. The molecule has 0 aliphatic carbocycles. The third-order valence-electron chi connectivity index (χ3n) is 4.96. The van der Waals surface area contributed by atoms with E-state index in [1.807, 2.05) is 24.3 Å². The predicted octanol–water partition coefficient (Wildman–Crippen LogP) is 3.38. The summed E-state index contributed by atoms with van der Waals surface area (Å²) in [4.78, 5) is 12.4. The van der Waals surface area contributed by atoms with E-state index >= 15 is 0 Å². The predicted molar refractivity (Wildman–Crippen MR) is 102 cm³/mol. The fraction of sp³-hybridized carbons (Fsp3) is 0.632. The van der Waals surface area contributed by atoms with E-state index in [9.17, 15) is 4.79 Å². The average Bonchev–Trinajstić information content (AvgIpc) is 2.91. The lowest BCUT2D eigenvalue weighted by Gasteiger charge is -2.28. The largest absolute Gasteiger partial charge is 0.491 e. The Morgan fingerprint density at radius 1 is 1.20 bits per heavy atom. The van der Waals surface area contributed by atoms with Gasteiger partial charge in [-0.25, -0.2) is 0 Å². The summed E-state index contributed by atoms with van der Waals surface area (Å²) in [5.74, 6) is 1.32. The van der Waals surface area contributed by atoms with Crippen LogP contribution in [0.4, 0.5) is 5.69 Å². The Balaban J connectivity index is 0.00000225. The number of methoxy groups -OCH3 is 1. The van der Waals surface area contributed by atoms with E-state index in [1.165, 1.54) is 12.8 Å². The second-order valence-electron chi connectivity index (χ2n) is 6.92.